The molecular formula is C16H17N3O2S. The first-order valence-corrected chi connectivity index (χ1v) is 8.16. The Morgan fingerprint density at radius 3 is 3.00 bits per heavy atom. The molecule has 1 fully saturated rings. The molecule has 6 heteroatoms. The molecule has 0 aromatic carbocycles. The lowest BCUT2D eigenvalue weighted by Crippen LogP contribution is -2.52. The Hall–Kier alpha value is -2.21. The number of piperidine rings is 1. The summed E-state index contributed by atoms with van der Waals surface area (Å²) in [6, 6.07) is 3.19. The van der Waals surface area contributed by atoms with E-state index < -0.39 is 6.04 Å². The summed E-state index contributed by atoms with van der Waals surface area (Å²) >= 11 is 1.49. The molecule has 22 heavy (non-hydrogen) atoms. The third-order valence-electron chi connectivity index (χ3n) is 3.80. The van der Waals surface area contributed by atoms with Gasteiger partial charge in [-0.3, -0.25) is 14.6 Å². The molecule has 1 saturated heterocycles. The first-order chi connectivity index (χ1) is 10.7. The highest BCUT2D eigenvalue weighted by Gasteiger charge is 2.31. The molecule has 2 amide bonds. The van der Waals surface area contributed by atoms with E-state index in [4.69, 9.17) is 0 Å². The number of aromatic nitrogens is 1. The summed E-state index contributed by atoms with van der Waals surface area (Å²) < 4.78 is 0. The van der Waals surface area contributed by atoms with Crippen molar-refractivity contribution in [2.24, 2.45) is 0 Å². The van der Waals surface area contributed by atoms with Gasteiger partial charge in [-0.1, -0.05) is 0 Å². The Morgan fingerprint density at radius 2 is 2.32 bits per heavy atom. The minimum atomic E-state index is -0.472. The van der Waals surface area contributed by atoms with E-state index in [1.54, 1.807) is 23.4 Å². The van der Waals surface area contributed by atoms with Crippen molar-refractivity contribution in [3.8, 4) is 0 Å². The maximum absolute atomic E-state index is 12.6. The monoisotopic (exact) mass is 315 g/mol. The molecule has 1 aliphatic rings. The predicted octanol–water partition coefficient (Wildman–Crippen LogP) is 2.38. The minimum absolute atomic E-state index is 0.0690. The number of hydrogen-bond acceptors (Lipinski definition) is 4. The average molecular weight is 315 g/mol. The molecule has 0 saturated carbocycles. The lowest BCUT2D eigenvalue weighted by atomic mass is 10.0. The van der Waals surface area contributed by atoms with Crippen LogP contribution in [0.3, 0.4) is 0 Å². The van der Waals surface area contributed by atoms with E-state index in [2.05, 4.69) is 10.3 Å². The Morgan fingerprint density at radius 1 is 1.45 bits per heavy atom. The van der Waals surface area contributed by atoms with E-state index >= 15 is 0 Å². The number of nitrogens with zero attached hydrogens (tertiary/aromatic N) is 2. The number of carbonyl (C=O) groups is 2. The predicted molar refractivity (Wildman–Crippen MR) is 86.1 cm³/mol. The van der Waals surface area contributed by atoms with Crippen molar-refractivity contribution in [2.75, 3.05) is 11.4 Å². The van der Waals surface area contributed by atoms with Gasteiger partial charge in [-0.2, -0.15) is 11.3 Å². The third-order valence-corrected chi connectivity index (χ3v) is 4.66. The molecule has 0 aliphatic carbocycles. The van der Waals surface area contributed by atoms with Gasteiger partial charge < -0.3 is 10.2 Å². The second-order valence-corrected chi connectivity index (χ2v) is 6.08. The molecule has 3 heterocycles. The normalized spacial score (nSPS) is 18.3. The summed E-state index contributed by atoms with van der Waals surface area (Å²) in [5.74, 6) is -0.245. The van der Waals surface area contributed by atoms with Gasteiger partial charge in [0, 0.05) is 18.1 Å². The Labute approximate surface area is 133 Å². The molecule has 5 nitrogen and oxygen atoms in total. The van der Waals surface area contributed by atoms with E-state index in [-0.39, 0.29) is 11.8 Å². The molecule has 1 atom stereocenters. The van der Waals surface area contributed by atoms with Crippen LogP contribution in [0.2, 0.25) is 0 Å². The average Bonchev–Trinajstić information content (AvgIpc) is 2.96. The number of nitrogens with one attached hydrogen (secondary N) is 1. The van der Waals surface area contributed by atoms with E-state index in [1.165, 1.54) is 11.3 Å². The zero-order chi connectivity index (χ0) is 15.5. The number of carbonyl (C=O) groups excluding carboxylic acids is 2. The first kappa shape index (κ1) is 14.7. The van der Waals surface area contributed by atoms with Crippen molar-refractivity contribution in [3.05, 3.63) is 46.4 Å². The van der Waals surface area contributed by atoms with E-state index in [1.807, 2.05) is 23.8 Å². The van der Waals surface area contributed by atoms with Crippen LogP contribution in [0.25, 0.3) is 0 Å². The zero-order valence-electron chi connectivity index (χ0n) is 12.3. The van der Waals surface area contributed by atoms with Gasteiger partial charge in [0.1, 0.15) is 6.04 Å². The number of rotatable bonds is 3. The minimum Gasteiger partial charge on any atom is -0.340 e. The molecule has 0 radical (unpaired) electrons. The molecule has 114 valence electrons. The van der Waals surface area contributed by atoms with Crippen molar-refractivity contribution in [2.45, 2.75) is 25.8 Å². The van der Waals surface area contributed by atoms with Crippen LogP contribution in [0.1, 0.15) is 28.8 Å². The van der Waals surface area contributed by atoms with E-state index in [0.29, 0.717) is 18.5 Å². The Balaban J connectivity index is 1.73. The number of pyridine rings is 1. The maximum Gasteiger partial charge on any atom is 0.253 e. The van der Waals surface area contributed by atoms with Gasteiger partial charge in [0.25, 0.3) is 5.91 Å². The lowest BCUT2D eigenvalue weighted by molar-refractivity contribution is -0.121. The zero-order valence-corrected chi connectivity index (χ0v) is 13.1. The van der Waals surface area contributed by atoms with Crippen LogP contribution in [0.4, 0.5) is 5.69 Å². The fourth-order valence-electron chi connectivity index (χ4n) is 2.61. The Bertz CT molecular complexity index is 684. The molecular weight excluding hydrogens is 298 g/mol. The van der Waals surface area contributed by atoms with Crippen LogP contribution in [-0.2, 0) is 4.79 Å². The first-order valence-electron chi connectivity index (χ1n) is 7.22. The van der Waals surface area contributed by atoms with Gasteiger partial charge in [0.2, 0.25) is 5.91 Å². The largest absolute Gasteiger partial charge is 0.340 e. The van der Waals surface area contributed by atoms with Crippen molar-refractivity contribution in [1.29, 1.82) is 0 Å². The van der Waals surface area contributed by atoms with Gasteiger partial charge in [-0.15, -0.1) is 0 Å². The van der Waals surface area contributed by atoms with Gasteiger partial charge >= 0.3 is 0 Å². The fourth-order valence-corrected chi connectivity index (χ4v) is 3.44. The van der Waals surface area contributed by atoms with Gasteiger partial charge in [-0.05, 0) is 42.8 Å². The smallest absolute Gasteiger partial charge is 0.253 e. The van der Waals surface area contributed by atoms with Crippen LogP contribution >= 0.6 is 11.3 Å². The molecule has 1 N–H and O–H groups in total. The third kappa shape index (κ3) is 2.87. The molecule has 2 aromatic heterocycles. The van der Waals surface area contributed by atoms with Crippen molar-refractivity contribution in [1.82, 2.24) is 10.3 Å². The lowest BCUT2D eigenvalue weighted by Gasteiger charge is -2.32. The molecule has 1 aliphatic heterocycles. The summed E-state index contributed by atoms with van der Waals surface area (Å²) in [6.45, 7) is 2.56. The van der Waals surface area contributed by atoms with Crippen LogP contribution < -0.4 is 10.2 Å². The van der Waals surface area contributed by atoms with Crippen molar-refractivity contribution >= 4 is 28.8 Å². The summed E-state index contributed by atoms with van der Waals surface area (Å²) in [6.07, 6.45) is 4.88. The number of hydrogen-bond donors (Lipinski definition) is 1. The Kier molecular flexibility index (Phi) is 4.20. The molecule has 3 rings (SSSR count). The van der Waals surface area contributed by atoms with Gasteiger partial charge in [0.05, 0.1) is 17.4 Å². The second-order valence-electron chi connectivity index (χ2n) is 5.34. The standard InChI is InChI=1S/C16H17N3O2S/c1-11-9-22-10-13(11)15(20)18-14-5-3-7-19(16(14)21)12-4-2-6-17-8-12/h2,4,6,8-10,14H,3,5,7H2,1H3,(H,18,20)/t14-/m0/s1. The van der Waals surface area contributed by atoms with Gasteiger partial charge in [0.15, 0.2) is 0 Å². The highest BCUT2D eigenvalue weighted by Crippen LogP contribution is 2.21. The highest BCUT2D eigenvalue weighted by atomic mass is 32.1. The fraction of sp³-hybridized carbons (Fsp3) is 0.312. The van der Waals surface area contributed by atoms with Crippen molar-refractivity contribution < 1.29 is 9.59 Å². The highest BCUT2D eigenvalue weighted by molar-refractivity contribution is 7.08. The van der Waals surface area contributed by atoms with Gasteiger partial charge in [-0.25, -0.2) is 0 Å². The number of anilines is 1. The summed E-state index contributed by atoms with van der Waals surface area (Å²) in [5, 5.41) is 6.61. The summed E-state index contributed by atoms with van der Waals surface area (Å²) in [5.41, 5.74) is 2.37. The van der Waals surface area contributed by atoms with E-state index in [0.717, 1.165) is 17.7 Å². The van der Waals surface area contributed by atoms with Crippen LogP contribution in [0.5, 0.6) is 0 Å². The topological polar surface area (TPSA) is 62.3 Å². The number of aryl methyl sites for hydroxylation is 1. The maximum atomic E-state index is 12.6. The molecule has 0 bridgehead atoms. The number of thiophene rings is 1. The molecule has 0 unspecified atom stereocenters. The molecule has 0 spiro atoms. The summed E-state index contributed by atoms with van der Waals surface area (Å²) in [4.78, 5) is 30.6. The van der Waals surface area contributed by atoms with Crippen LogP contribution in [0.15, 0.2) is 35.3 Å². The number of amides is 2. The molecule has 2 aromatic rings. The summed E-state index contributed by atoms with van der Waals surface area (Å²) in [7, 11) is 0. The van der Waals surface area contributed by atoms with Crippen LogP contribution in [0, 0.1) is 6.92 Å². The van der Waals surface area contributed by atoms with Crippen molar-refractivity contribution in [3.63, 3.8) is 0 Å². The van der Waals surface area contributed by atoms with E-state index in [9.17, 15) is 9.59 Å². The SMILES string of the molecule is Cc1cscc1C(=O)N[C@H]1CCCN(c2cccnc2)C1=O. The van der Waals surface area contributed by atoms with Crippen LogP contribution in [-0.4, -0.2) is 29.4 Å². The second kappa shape index (κ2) is 6.27. The quantitative estimate of drug-likeness (QED) is 0.946.